The zero-order valence-corrected chi connectivity index (χ0v) is 19.3. The van der Waals surface area contributed by atoms with Gasteiger partial charge < -0.3 is 15.2 Å². The molecule has 32 heavy (non-hydrogen) atoms. The molecule has 2 N–H and O–H groups in total. The third-order valence-corrected chi connectivity index (χ3v) is 6.81. The molecule has 0 fully saturated rings. The number of nitrogens with zero attached hydrogens (tertiary/aromatic N) is 2. The zero-order chi connectivity index (χ0) is 22.3. The topological polar surface area (TPSA) is 78.1 Å². The van der Waals surface area contributed by atoms with E-state index in [9.17, 15) is 9.59 Å². The summed E-state index contributed by atoms with van der Waals surface area (Å²) in [5, 5.41) is 5.72. The summed E-state index contributed by atoms with van der Waals surface area (Å²) in [4.78, 5) is 35.7. The second-order valence-corrected chi connectivity index (χ2v) is 9.22. The van der Waals surface area contributed by atoms with Crippen LogP contribution in [-0.4, -0.2) is 39.8 Å². The first-order valence-corrected chi connectivity index (χ1v) is 12.2. The van der Waals surface area contributed by atoms with E-state index >= 15 is 0 Å². The average Bonchev–Trinajstić information content (AvgIpc) is 3.49. The summed E-state index contributed by atoms with van der Waals surface area (Å²) in [6.45, 7) is 2.88. The first kappa shape index (κ1) is 22.1. The Bertz CT molecular complexity index is 1150. The Balaban J connectivity index is 1.31. The largest absolute Gasteiger partial charge is 0.350 e. The Hall–Kier alpha value is -3.10. The van der Waals surface area contributed by atoms with Gasteiger partial charge in [-0.05, 0) is 48.2 Å². The molecule has 2 amide bonds. The monoisotopic (exact) mass is 464 g/mol. The zero-order valence-electron chi connectivity index (χ0n) is 17.7. The molecule has 0 unspecified atom stereocenters. The molecule has 164 valence electrons. The van der Waals surface area contributed by atoms with Gasteiger partial charge in [0.15, 0.2) is 5.16 Å². The van der Waals surface area contributed by atoms with Crippen LogP contribution in [0.4, 0.5) is 0 Å². The number of nitrogens with one attached hydrogen (secondary N) is 2. The van der Waals surface area contributed by atoms with Crippen molar-refractivity contribution in [1.29, 1.82) is 0 Å². The maximum Gasteiger partial charge on any atom is 0.254 e. The number of H-pyrrole nitrogens is 1. The summed E-state index contributed by atoms with van der Waals surface area (Å²) in [6.07, 6.45) is 0. The Morgan fingerprint density at radius 1 is 1.09 bits per heavy atom. The van der Waals surface area contributed by atoms with E-state index in [0.29, 0.717) is 18.7 Å². The second kappa shape index (κ2) is 10.5. The van der Waals surface area contributed by atoms with Crippen LogP contribution in [0.5, 0.6) is 0 Å². The molecule has 4 rings (SSSR count). The molecule has 0 aliphatic carbocycles. The van der Waals surface area contributed by atoms with Gasteiger partial charge in [-0.15, -0.1) is 11.3 Å². The molecule has 4 aromatic rings. The van der Waals surface area contributed by atoms with E-state index in [-0.39, 0.29) is 18.4 Å². The van der Waals surface area contributed by atoms with Crippen molar-refractivity contribution in [3.63, 3.8) is 0 Å². The summed E-state index contributed by atoms with van der Waals surface area (Å²) in [5.41, 5.74) is 3.66. The van der Waals surface area contributed by atoms with Crippen LogP contribution >= 0.6 is 23.1 Å². The van der Waals surface area contributed by atoms with Crippen LogP contribution < -0.4 is 5.32 Å². The van der Waals surface area contributed by atoms with Gasteiger partial charge in [-0.2, -0.15) is 0 Å². The highest BCUT2D eigenvalue weighted by Gasteiger charge is 2.17. The van der Waals surface area contributed by atoms with Crippen molar-refractivity contribution in [2.45, 2.75) is 24.4 Å². The number of imidazole rings is 1. The van der Waals surface area contributed by atoms with Crippen LogP contribution in [0.25, 0.3) is 11.0 Å². The number of likely N-dealkylation sites (N-methyl/N-ethyl adjacent to an activating group) is 1. The number of para-hydroxylation sites is 2. The van der Waals surface area contributed by atoms with Gasteiger partial charge in [-0.3, -0.25) is 9.59 Å². The second-order valence-electron chi connectivity index (χ2n) is 7.22. The lowest BCUT2D eigenvalue weighted by Gasteiger charge is -2.20. The summed E-state index contributed by atoms with van der Waals surface area (Å²) < 4.78 is 0. The van der Waals surface area contributed by atoms with Gasteiger partial charge in [-0.25, -0.2) is 4.98 Å². The highest BCUT2D eigenvalue weighted by atomic mass is 32.2. The van der Waals surface area contributed by atoms with E-state index in [4.69, 9.17) is 0 Å². The van der Waals surface area contributed by atoms with E-state index < -0.39 is 0 Å². The number of hydrogen-bond donors (Lipinski definition) is 2. The molecule has 0 radical (unpaired) electrons. The molecule has 0 aliphatic heterocycles. The Labute approximate surface area is 195 Å². The molecule has 0 aliphatic rings. The number of thioether (sulfide) groups is 1. The molecule has 8 heteroatoms. The number of amides is 2. The van der Waals surface area contributed by atoms with Crippen LogP contribution in [0.2, 0.25) is 0 Å². The fourth-order valence-electron chi connectivity index (χ4n) is 3.23. The molecule has 6 nitrogen and oxygen atoms in total. The van der Waals surface area contributed by atoms with Gasteiger partial charge in [0.2, 0.25) is 5.91 Å². The van der Waals surface area contributed by atoms with E-state index in [2.05, 4.69) is 15.3 Å². The molecule has 0 spiro atoms. The predicted octanol–water partition coefficient (Wildman–Crippen LogP) is 4.70. The minimum Gasteiger partial charge on any atom is -0.350 e. The number of hydrogen-bond acceptors (Lipinski definition) is 5. The molecule has 0 bridgehead atoms. The molecular formula is C24H24N4O2S2. The summed E-state index contributed by atoms with van der Waals surface area (Å²) in [5.74, 6) is 0.444. The lowest BCUT2D eigenvalue weighted by molar-refractivity contribution is -0.121. The van der Waals surface area contributed by atoms with Gasteiger partial charge in [-0.1, -0.05) is 42.1 Å². The maximum atomic E-state index is 12.9. The van der Waals surface area contributed by atoms with Crippen molar-refractivity contribution in [3.8, 4) is 0 Å². The number of carbonyl (C=O) groups excluding carboxylic acids is 2. The number of benzene rings is 2. The number of aromatic nitrogens is 2. The molecule has 2 aromatic carbocycles. The van der Waals surface area contributed by atoms with Crippen molar-refractivity contribution in [3.05, 3.63) is 82.0 Å². The van der Waals surface area contributed by atoms with Crippen LogP contribution in [0, 0.1) is 0 Å². The van der Waals surface area contributed by atoms with Crippen molar-refractivity contribution in [2.24, 2.45) is 0 Å². The number of carbonyl (C=O) groups is 2. The molecular weight excluding hydrogens is 440 g/mol. The summed E-state index contributed by atoms with van der Waals surface area (Å²) >= 11 is 3.22. The summed E-state index contributed by atoms with van der Waals surface area (Å²) in [7, 11) is 0. The average molecular weight is 465 g/mol. The predicted molar refractivity (Wildman–Crippen MR) is 130 cm³/mol. The minimum atomic E-state index is -0.160. The van der Waals surface area contributed by atoms with Gasteiger partial charge in [0.25, 0.3) is 5.91 Å². The molecule has 0 saturated carbocycles. The minimum absolute atomic E-state index is 0.0460. The van der Waals surface area contributed by atoms with Crippen LogP contribution in [-0.2, 0) is 17.1 Å². The van der Waals surface area contributed by atoms with Gasteiger partial charge >= 0.3 is 0 Å². The van der Waals surface area contributed by atoms with E-state index in [1.165, 1.54) is 0 Å². The first-order chi connectivity index (χ1) is 15.6. The highest BCUT2D eigenvalue weighted by molar-refractivity contribution is 7.98. The molecule has 0 saturated heterocycles. The summed E-state index contributed by atoms with van der Waals surface area (Å²) in [6, 6.07) is 19.4. The fourth-order valence-corrected chi connectivity index (χ4v) is 4.72. The number of thiophene rings is 1. The number of fused-ring (bicyclic) bond motifs is 1. The quantitative estimate of drug-likeness (QED) is 0.352. The normalized spacial score (nSPS) is 10.9. The SMILES string of the molecule is CCN(CC(=O)NCc1cccs1)C(=O)c1ccc(CSc2nc3ccccc3[nH]2)cc1. The van der Waals surface area contributed by atoms with Gasteiger partial charge in [0.1, 0.15) is 0 Å². The standard InChI is InChI=1S/C24H24N4O2S2/c1-2-28(15-22(29)25-14-19-6-5-13-31-19)23(30)18-11-9-17(10-12-18)16-32-24-26-20-7-3-4-8-21(20)27-24/h3-13H,2,14-16H2,1H3,(H,25,29)(H,26,27). The Morgan fingerprint density at radius 2 is 1.91 bits per heavy atom. The van der Waals surface area contributed by atoms with E-state index in [1.807, 2.05) is 73.0 Å². The maximum absolute atomic E-state index is 12.9. The van der Waals surface area contributed by atoms with Crippen molar-refractivity contribution in [1.82, 2.24) is 20.2 Å². The molecule has 2 heterocycles. The van der Waals surface area contributed by atoms with Crippen molar-refractivity contribution >= 4 is 45.9 Å². The van der Waals surface area contributed by atoms with Gasteiger partial charge in [0, 0.05) is 22.7 Å². The number of aromatic amines is 1. The lowest BCUT2D eigenvalue weighted by atomic mass is 10.1. The van der Waals surface area contributed by atoms with Crippen molar-refractivity contribution < 1.29 is 9.59 Å². The highest BCUT2D eigenvalue weighted by Crippen LogP contribution is 2.23. The smallest absolute Gasteiger partial charge is 0.254 e. The van der Waals surface area contributed by atoms with Crippen LogP contribution in [0.1, 0.15) is 27.7 Å². The number of rotatable bonds is 9. The fraction of sp³-hybridized carbons (Fsp3) is 0.208. The van der Waals surface area contributed by atoms with Crippen molar-refractivity contribution in [2.75, 3.05) is 13.1 Å². The van der Waals surface area contributed by atoms with Crippen LogP contribution in [0.15, 0.2) is 71.2 Å². The third kappa shape index (κ3) is 5.57. The lowest BCUT2D eigenvalue weighted by Crippen LogP contribution is -2.40. The van der Waals surface area contributed by atoms with Crippen LogP contribution in [0.3, 0.4) is 0 Å². The molecule has 2 aromatic heterocycles. The van der Waals surface area contributed by atoms with E-state index in [1.54, 1.807) is 28.0 Å². The van der Waals surface area contributed by atoms with Gasteiger partial charge in [0.05, 0.1) is 24.1 Å². The Morgan fingerprint density at radius 3 is 2.62 bits per heavy atom. The Kier molecular flexibility index (Phi) is 7.24. The van der Waals surface area contributed by atoms with E-state index in [0.717, 1.165) is 32.4 Å². The molecule has 0 atom stereocenters. The first-order valence-electron chi connectivity index (χ1n) is 10.4. The third-order valence-electron chi connectivity index (χ3n) is 4.99.